The lowest BCUT2D eigenvalue weighted by atomic mass is 9.81. The smallest absolute Gasteiger partial charge is 0.250 e. The quantitative estimate of drug-likeness (QED) is 0.0536. The number of halogens is 2. The van der Waals surface area contributed by atoms with Gasteiger partial charge in [0.15, 0.2) is 0 Å². The van der Waals surface area contributed by atoms with Gasteiger partial charge in [0.25, 0.3) is 0 Å². The van der Waals surface area contributed by atoms with Crippen molar-refractivity contribution in [2.45, 2.75) is 282 Å². The standard InChI is InChI=1S/C7H17NO.C7H16O2.3C7H16O.C6H12F2.2C6H14O.C5H12O.2CH4/c1-6(2)7(9)5-8(3)4;1-6(2)7(3,4-8)5-9;2*1-5-7(4,8)6(2)3;1-4-7(5-8)6(2)3;1-4-6(7,8)5(2)3;2*1-4-6(7)5(2)3;1-5(2)3-4-6;;/h6-7,9H,5H2,1-4H3;6,8-9H,4-5H2,1-3H3;2*6,8H,5H2,1-4H3;6-8H,4-5H2,1-3H3;5H,4H2,1-3H3;2*5-7H,4H2,1-3H3;5-6H,3-4H2,1-2H3;2*1H4/t7-;;2*7-;;;2*6-;;;/m1.10..10.../s1. The molecule has 0 aromatic rings. The first kappa shape index (κ1) is 97.1. The van der Waals surface area contributed by atoms with Crippen LogP contribution in [0.1, 0.15) is 247 Å². The second-order valence-electron chi connectivity index (χ2n) is 23.1. The second-order valence-corrected chi connectivity index (χ2v) is 23.1. The van der Waals surface area contributed by atoms with Crippen molar-refractivity contribution in [3.63, 3.8) is 0 Å². The normalized spacial score (nSPS) is 14.4. The van der Waals surface area contributed by atoms with E-state index in [0.29, 0.717) is 66.5 Å². The highest BCUT2D eigenvalue weighted by atomic mass is 19.3. The molecule has 0 aliphatic rings. The van der Waals surface area contributed by atoms with Crippen molar-refractivity contribution >= 4 is 0 Å². The largest absolute Gasteiger partial charge is 0.396 e. The Morgan fingerprint density at radius 2 is 0.750 bits per heavy atom. The van der Waals surface area contributed by atoms with Gasteiger partial charge in [-0.3, -0.25) is 0 Å². The first-order chi connectivity index (χ1) is 31.5. The molecule has 0 aromatic heterocycles. The highest BCUT2D eigenvalue weighted by Gasteiger charge is 2.30. The Kier molecular flexibility index (Phi) is 76.4. The lowest BCUT2D eigenvalue weighted by Crippen LogP contribution is -2.31. The zero-order chi connectivity index (χ0) is 58.6. The van der Waals surface area contributed by atoms with E-state index in [0.717, 1.165) is 45.1 Å². The predicted molar refractivity (Wildman–Crippen MR) is 316 cm³/mol. The summed E-state index contributed by atoms with van der Waals surface area (Å²) in [7, 11) is 3.93. The van der Waals surface area contributed by atoms with Gasteiger partial charge in [0.1, 0.15) is 0 Å². The molecule has 0 heterocycles. The Bertz CT molecular complexity index is 936. The van der Waals surface area contributed by atoms with E-state index in [1.54, 1.807) is 0 Å². The minimum absolute atomic E-state index is 0. The number of aliphatic hydroxyl groups is 9. The fourth-order valence-corrected chi connectivity index (χ4v) is 4.24. The Hall–Kier alpha value is -0.540. The average molecular weight is 1060 g/mol. The van der Waals surface area contributed by atoms with Gasteiger partial charge in [-0.2, -0.15) is 0 Å². The summed E-state index contributed by atoms with van der Waals surface area (Å²) in [6, 6.07) is 0. The molecule has 1 unspecified atom stereocenters. The third-order valence-corrected chi connectivity index (χ3v) is 13.5. The van der Waals surface area contributed by atoms with E-state index in [-0.39, 0.29) is 58.2 Å². The molecule has 0 saturated heterocycles. The second kappa shape index (κ2) is 56.7. The maximum Gasteiger partial charge on any atom is 0.250 e. The van der Waals surface area contributed by atoms with E-state index in [1.165, 1.54) is 20.8 Å². The molecule has 0 aliphatic carbocycles. The minimum atomic E-state index is -2.46. The number of nitrogens with zero attached hydrogens (tertiary/aromatic N) is 1. The van der Waals surface area contributed by atoms with Crippen LogP contribution in [-0.4, -0.2) is 133 Å². The van der Waals surface area contributed by atoms with E-state index < -0.39 is 23.0 Å². The van der Waals surface area contributed by atoms with Crippen molar-refractivity contribution < 1.29 is 54.7 Å². The van der Waals surface area contributed by atoms with Crippen LogP contribution in [0.25, 0.3) is 0 Å². The van der Waals surface area contributed by atoms with Gasteiger partial charge in [-0.1, -0.05) is 194 Å². The van der Waals surface area contributed by atoms with E-state index >= 15 is 0 Å². The summed E-state index contributed by atoms with van der Waals surface area (Å²) >= 11 is 0. The van der Waals surface area contributed by atoms with Crippen molar-refractivity contribution in [1.29, 1.82) is 0 Å². The monoisotopic (exact) mass is 1060 g/mol. The van der Waals surface area contributed by atoms with Gasteiger partial charge in [-0.05, 0) is 113 Å². The van der Waals surface area contributed by atoms with E-state index in [1.807, 2.05) is 151 Å². The van der Waals surface area contributed by atoms with E-state index in [2.05, 4.69) is 34.6 Å². The summed E-state index contributed by atoms with van der Waals surface area (Å²) in [6.45, 7) is 54.5. The highest BCUT2D eigenvalue weighted by molar-refractivity contribution is 4.75. The fraction of sp³-hybridized carbons (Fsp3) is 1.00. The van der Waals surface area contributed by atoms with Crippen LogP contribution in [0.3, 0.4) is 0 Å². The third-order valence-electron chi connectivity index (χ3n) is 13.5. The van der Waals surface area contributed by atoms with Crippen molar-refractivity contribution in [1.82, 2.24) is 4.90 Å². The molecule has 0 aromatic carbocycles. The Balaban J connectivity index is -0.0000000645. The molecular weight excluding hydrogens is 917 g/mol. The van der Waals surface area contributed by atoms with Gasteiger partial charge in [0.05, 0.1) is 42.7 Å². The molecule has 9 N–H and O–H groups in total. The van der Waals surface area contributed by atoms with Crippen LogP contribution in [0.5, 0.6) is 0 Å². The molecule has 0 spiro atoms. The molecule has 0 bridgehead atoms. The van der Waals surface area contributed by atoms with Crippen molar-refractivity contribution in [3.8, 4) is 0 Å². The Labute approximate surface area is 452 Å². The van der Waals surface area contributed by atoms with Crippen LogP contribution in [0.15, 0.2) is 0 Å². The maximum atomic E-state index is 12.3. The molecule has 0 rings (SSSR count). The number of hydrogen-bond donors (Lipinski definition) is 9. The molecule has 0 aliphatic heterocycles. The van der Waals surface area contributed by atoms with Gasteiger partial charge >= 0.3 is 0 Å². The first-order valence-electron chi connectivity index (χ1n) is 27.4. The molecule has 0 radical (unpaired) electrons. The molecule has 12 heteroatoms. The minimum Gasteiger partial charge on any atom is -0.396 e. The molecule has 6 atom stereocenters. The van der Waals surface area contributed by atoms with Gasteiger partial charge in [-0.25, -0.2) is 8.78 Å². The summed E-state index contributed by atoms with van der Waals surface area (Å²) in [5.41, 5.74) is -1.22. The van der Waals surface area contributed by atoms with Crippen LogP contribution in [-0.2, 0) is 0 Å². The van der Waals surface area contributed by atoms with Gasteiger partial charge < -0.3 is 50.9 Å². The summed E-state index contributed by atoms with van der Waals surface area (Å²) in [5.74, 6) is 1.08. The molecule has 0 saturated carbocycles. The molecule has 0 amide bonds. The Morgan fingerprint density at radius 3 is 0.764 bits per heavy atom. The predicted octanol–water partition coefficient (Wildman–Crippen LogP) is 14.3. The Morgan fingerprint density at radius 1 is 0.444 bits per heavy atom. The topological polar surface area (TPSA) is 185 Å². The SMILES string of the molecule is C.C.CC(C)C(C)(CO)CO.CC(C)CCO.CC(C)[C@H](O)CN(C)C.CCC(CO)C(C)C.CCC(F)(F)C(C)C.CC[C@@H](O)C(C)C.CC[C@@](C)(O)C(C)C.CC[C@H](O)C(C)C.CC[C@](C)(O)C(C)C. The number of rotatable bonds is 21. The lowest BCUT2D eigenvalue weighted by Gasteiger charge is -2.28. The van der Waals surface area contributed by atoms with E-state index in [9.17, 15) is 24.1 Å². The first-order valence-corrected chi connectivity index (χ1v) is 27.4. The van der Waals surface area contributed by atoms with Gasteiger partial charge in [-0.15, -0.1) is 0 Å². The van der Waals surface area contributed by atoms with Gasteiger partial charge in [0, 0.05) is 37.5 Å². The van der Waals surface area contributed by atoms with Gasteiger partial charge in [0.2, 0.25) is 5.92 Å². The molecular formula is C60H141F2NO9. The van der Waals surface area contributed by atoms with Crippen LogP contribution < -0.4 is 0 Å². The number of likely N-dealkylation sites (N-methyl/N-ethyl adjacent to an activating group) is 1. The summed E-state index contributed by atoms with van der Waals surface area (Å²) in [6.07, 6.45) is 5.02. The number of hydrogen-bond acceptors (Lipinski definition) is 10. The summed E-state index contributed by atoms with van der Waals surface area (Å²) in [5, 5.41) is 80.5. The van der Waals surface area contributed by atoms with Crippen LogP contribution in [0, 0.1) is 64.6 Å². The number of alkyl halides is 2. The fourth-order valence-electron chi connectivity index (χ4n) is 4.24. The third kappa shape index (κ3) is 67.5. The average Bonchev–Trinajstić information content (AvgIpc) is 3.26. The van der Waals surface area contributed by atoms with E-state index in [4.69, 9.17) is 30.6 Å². The summed E-state index contributed by atoms with van der Waals surface area (Å²) < 4.78 is 24.6. The van der Waals surface area contributed by atoms with Crippen LogP contribution in [0.2, 0.25) is 0 Å². The summed E-state index contributed by atoms with van der Waals surface area (Å²) in [4.78, 5) is 1.99. The van der Waals surface area contributed by atoms with Crippen LogP contribution >= 0.6 is 0 Å². The van der Waals surface area contributed by atoms with Crippen molar-refractivity contribution in [2.24, 2.45) is 64.6 Å². The highest BCUT2D eigenvalue weighted by Crippen LogP contribution is 2.27. The number of aliphatic hydroxyl groups excluding tert-OH is 7. The molecule has 10 nitrogen and oxygen atoms in total. The van der Waals surface area contributed by atoms with Crippen molar-refractivity contribution in [2.75, 3.05) is 47.1 Å². The molecule has 72 heavy (non-hydrogen) atoms. The van der Waals surface area contributed by atoms with Crippen molar-refractivity contribution in [3.05, 3.63) is 0 Å². The maximum absolute atomic E-state index is 12.3. The van der Waals surface area contributed by atoms with Crippen LogP contribution in [0.4, 0.5) is 8.78 Å². The lowest BCUT2D eigenvalue weighted by molar-refractivity contribution is -0.0478. The zero-order valence-electron chi connectivity index (χ0n) is 52.2. The molecule has 0 fully saturated rings. The molecule has 454 valence electrons. The zero-order valence-corrected chi connectivity index (χ0v) is 52.2.